The Balaban J connectivity index is 1.92. The molecule has 0 aliphatic heterocycles. The van der Waals surface area contributed by atoms with Crippen molar-refractivity contribution in [1.29, 1.82) is 0 Å². The number of benzene rings is 2. The Hall–Kier alpha value is -2.78. The molecule has 3 aromatic rings. The van der Waals surface area contributed by atoms with Crippen molar-refractivity contribution in [2.24, 2.45) is 0 Å². The second-order valence-corrected chi connectivity index (χ2v) is 7.71. The van der Waals surface area contributed by atoms with Crippen molar-refractivity contribution in [2.75, 3.05) is 12.4 Å². The van der Waals surface area contributed by atoms with E-state index in [0.29, 0.717) is 27.2 Å². The molecule has 0 aliphatic rings. The van der Waals surface area contributed by atoms with Gasteiger partial charge in [-0.2, -0.15) is 8.42 Å². The standard InChI is InChI=1S/C17H16ClN3O5S/c1-9-6-11(7-10(2)15(9)18)26-27(23,24)12-4-5-13-14(8-12)20-16(19-13)21-17(22)25-3/h4-8H,1-3H3,(H2,19,20,21,22). The number of nitrogens with zero attached hydrogens (tertiary/aromatic N) is 1. The first-order valence-corrected chi connectivity index (χ1v) is 9.54. The third-order valence-corrected chi connectivity index (χ3v) is 5.60. The molecule has 27 heavy (non-hydrogen) atoms. The number of rotatable bonds is 4. The van der Waals surface area contributed by atoms with E-state index in [1.165, 1.54) is 25.3 Å². The molecule has 1 aromatic heterocycles. The summed E-state index contributed by atoms with van der Waals surface area (Å²) in [5.74, 6) is 0.306. The number of H-pyrrole nitrogens is 1. The summed E-state index contributed by atoms with van der Waals surface area (Å²) in [6.45, 7) is 3.53. The molecule has 3 rings (SSSR count). The van der Waals surface area contributed by atoms with E-state index in [1.54, 1.807) is 26.0 Å². The van der Waals surface area contributed by atoms with Gasteiger partial charge in [0, 0.05) is 5.02 Å². The molecule has 0 atom stereocenters. The highest BCUT2D eigenvalue weighted by Crippen LogP contribution is 2.28. The number of aryl methyl sites for hydroxylation is 2. The number of aromatic amines is 1. The lowest BCUT2D eigenvalue weighted by molar-refractivity contribution is 0.186. The zero-order valence-electron chi connectivity index (χ0n) is 14.7. The number of carbonyl (C=O) groups is 1. The second-order valence-electron chi connectivity index (χ2n) is 5.79. The average molecular weight is 410 g/mol. The van der Waals surface area contributed by atoms with Crippen LogP contribution in [0.4, 0.5) is 10.7 Å². The Morgan fingerprint density at radius 1 is 1.19 bits per heavy atom. The summed E-state index contributed by atoms with van der Waals surface area (Å²) >= 11 is 6.10. The smallest absolute Gasteiger partial charge is 0.413 e. The number of halogens is 1. The fourth-order valence-corrected chi connectivity index (χ4v) is 3.52. The van der Waals surface area contributed by atoms with Crippen molar-refractivity contribution < 1.29 is 22.1 Å². The first-order valence-electron chi connectivity index (χ1n) is 7.75. The Bertz CT molecular complexity index is 1120. The van der Waals surface area contributed by atoms with Gasteiger partial charge in [0.15, 0.2) is 0 Å². The van der Waals surface area contributed by atoms with Gasteiger partial charge in [-0.25, -0.2) is 9.78 Å². The van der Waals surface area contributed by atoms with Crippen molar-refractivity contribution in [3.63, 3.8) is 0 Å². The third kappa shape index (κ3) is 3.99. The van der Waals surface area contributed by atoms with Gasteiger partial charge in [0.1, 0.15) is 10.6 Å². The summed E-state index contributed by atoms with van der Waals surface area (Å²) in [6.07, 6.45) is -0.696. The molecule has 0 spiro atoms. The molecule has 0 unspecified atom stereocenters. The molecule has 0 saturated carbocycles. The topological polar surface area (TPSA) is 110 Å². The molecular formula is C17H16ClN3O5S. The number of ether oxygens (including phenoxy) is 1. The van der Waals surface area contributed by atoms with Gasteiger partial charge < -0.3 is 13.9 Å². The number of anilines is 1. The molecular weight excluding hydrogens is 394 g/mol. The van der Waals surface area contributed by atoms with Gasteiger partial charge in [0.2, 0.25) is 5.95 Å². The number of methoxy groups -OCH3 is 1. The maximum absolute atomic E-state index is 12.6. The van der Waals surface area contributed by atoms with Crippen LogP contribution in [0.5, 0.6) is 5.75 Å². The lowest BCUT2D eigenvalue weighted by Gasteiger charge is -2.10. The highest BCUT2D eigenvalue weighted by atomic mass is 35.5. The van der Waals surface area contributed by atoms with Crippen LogP contribution in [0.15, 0.2) is 35.2 Å². The summed E-state index contributed by atoms with van der Waals surface area (Å²) in [5, 5.41) is 2.93. The lowest BCUT2D eigenvalue weighted by atomic mass is 10.1. The predicted molar refractivity (Wildman–Crippen MR) is 101 cm³/mol. The molecule has 2 aromatic carbocycles. The normalized spacial score (nSPS) is 11.4. The van der Waals surface area contributed by atoms with Crippen molar-refractivity contribution in [3.8, 4) is 5.75 Å². The van der Waals surface area contributed by atoms with Gasteiger partial charge in [-0.05, 0) is 55.3 Å². The van der Waals surface area contributed by atoms with E-state index < -0.39 is 16.2 Å². The highest BCUT2D eigenvalue weighted by Gasteiger charge is 2.19. The number of amides is 1. The zero-order valence-corrected chi connectivity index (χ0v) is 16.2. The minimum atomic E-state index is -4.08. The van der Waals surface area contributed by atoms with Crippen molar-refractivity contribution >= 4 is 44.8 Å². The van der Waals surface area contributed by atoms with Gasteiger partial charge in [-0.3, -0.25) is 5.32 Å². The van der Waals surface area contributed by atoms with Crippen molar-refractivity contribution in [3.05, 3.63) is 46.5 Å². The van der Waals surface area contributed by atoms with Crippen LogP contribution in [-0.2, 0) is 14.9 Å². The molecule has 0 bridgehead atoms. The summed E-state index contributed by atoms with van der Waals surface area (Å²) in [6, 6.07) is 7.36. The third-order valence-electron chi connectivity index (χ3n) is 3.76. The fraction of sp³-hybridized carbons (Fsp3) is 0.176. The van der Waals surface area contributed by atoms with Crippen molar-refractivity contribution in [2.45, 2.75) is 18.7 Å². The molecule has 0 fully saturated rings. The summed E-state index contributed by atoms with van der Waals surface area (Å²) in [7, 11) is -2.86. The summed E-state index contributed by atoms with van der Waals surface area (Å²) < 4.78 is 34.9. The number of hydrogen-bond donors (Lipinski definition) is 2. The largest absolute Gasteiger partial charge is 0.453 e. The molecule has 0 aliphatic carbocycles. The van der Waals surface area contributed by atoms with E-state index in [0.717, 1.165) is 0 Å². The quantitative estimate of drug-likeness (QED) is 0.634. The minimum Gasteiger partial charge on any atom is -0.453 e. The van der Waals surface area contributed by atoms with Crippen LogP contribution in [0, 0.1) is 13.8 Å². The molecule has 2 N–H and O–H groups in total. The monoisotopic (exact) mass is 409 g/mol. The molecule has 1 heterocycles. The molecule has 0 saturated heterocycles. The Kier molecular flexibility index (Phi) is 4.99. The van der Waals surface area contributed by atoms with Crippen LogP contribution in [0.25, 0.3) is 11.0 Å². The van der Waals surface area contributed by atoms with Crippen LogP contribution in [0.3, 0.4) is 0 Å². The van der Waals surface area contributed by atoms with Gasteiger partial charge in [0.05, 0.1) is 18.1 Å². The van der Waals surface area contributed by atoms with E-state index >= 15 is 0 Å². The van der Waals surface area contributed by atoms with E-state index in [-0.39, 0.29) is 16.6 Å². The van der Waals surface area contributed by atoms with E-state index in [1.807, 2.05) is 0 Å². The average Bonchev–Trinajstić information content (AvgIpc) is 3.00. The van der Waals surface area contributed by atoms with Crippen LogP contribution < -0.4 is 9.50 Å². The van der Waals surface area contributed by atoms with Gasteiger partial charge in [0.25, 0.3) is 0 Å². The molecule has 142 valence electrons. The van der Waals surface area contributed by atoms with Gasteiger partial charge >= 0.3 is 16.2 Å². The van der Waals surface area contributed by atoms with Crippen LogP contribution in [-0.4, -0.2) is 31.6 Å². The first kappa shape index (κ1) is 19.0. The molecule has 0 radical (unpaired) electrons. The van der Waals surface area contributed by atoms with Gasteiger partial charge in [-0.1, -0.05) is 11.6 Å². The second kappa shape index (κ2) is 7.09. The summed E-state index contributed by atoms with van der Waals surface area (Å²) in [4.78, 5) is 18.1. The molecule has 8 nitrogen and oxygen atoms in total. The predicted octanol–water partition coefficient (Wildman–Crippen LogP) is 3.78. The Morgan fingerprint density at radius 3 is 2.48 bits per heavy atom. The SMILES string of the molecule is COC(=O)Nc1nc2cc(S(=O)(=O)Oc3cc(C)c(Cl)c(C)c3)ccc2[nH]1. The Morgan fingerprint density at radius 2 is 1.85 bits per heavy atom. The molecule has 10 heteroatoms. The van der Waals surface area contributed by atoms with E-state index in [2.05, 4.69) is 20.0 Å². The number of aromatic nitrogens is 2. The number of fused-ring (bicyclic) bond motifs is 1. The number of carbonyl (C=O) groups excluding carboxylic acids is 1. The van der Waals surface area contributed by atoms with E-state index in [9.17, 15) is 13.2 Å². The number of nitrogens with one attached hydrogen (secondary N) is 2. The maximum Gasteiger partial charge on any atom is 0.413 e. The number of hydrogen-bond acceptors (Lipinski definition) is 6. The first-order chi connectivity index (χ1) is 12.7. The minimum absolute atomic E-state index is 0.0728. The van der Waals surface area contributed by atoms with Crippen LogP contribution in [0.2, 0.25) is 5.02 Å². The fourth-order valence-electron chi connectivity index (χ4n) is 2.48. The summed E-state index contributed by atoms with van der Waals surface area (Å²) in [5.41, 5.74) is 2.30. The zero-order chi connectivity index (χ0) is 19.8. The number of imidazole rings is 1. The van der Waals surface area contributed by atoms with Gasteiger partial charge in [-0.15, -0.1) is 0 Å². The lowest BCUT2D eigenvalue weighted by Crippen LogP contribution is -2.11. The Labute approximate surface area is 160 Å². The maximum atomic E-state index is 12.6. The van der Waals surface area contributed by atoms with E-state index in [4.69, 9.17) is 15.8 Å². The van der Waals surface area contributed by atoms with Crippen LogP contribution in [0.1, 0.15) is 11.1 Å². The highest BCUT2D eigenvalue weighted by molar-refractivity contribution is 7.87. The molecule has 1 amide bonds. The van der Waals surface area contributed by atoms with Crippen LogP contribution >= 0.6 is 11.6 Å². The van der Waals surface area contributed by atoms with Crippen molar-refractivity contribution in [1.82, 2.24) is 9.97 Å².